The van der Waals surface area contributed by atoms with E-state index in [9.17, 15) is 0 Å². The van der Waals surface area contributed by atoms with Crippen molar-refractivity contribution in [2.45, 2.75) is 38.3 Å². The normalized spacial score (nSPS) is 21.1. The van der Waals surface area contributed by atoms with E-state index in [0.717, 1.165) is 25.9 Å². The molecule has 0 aliphatic carbocycles. The first-order valence-corrected chi connectivity index (χ1v) is 5.61. The Labute approximate surface area is 91.4 Å². The van der Waals surface area contributed by atoms with Crippen LogP contribution in [0.3, 0.4) is 0 Å². The van der Waals surface area contributed by atoms with Crippen LogP contribution in [0.2, 0.25) is 0 Å². The highest BCUT2D eigenvalue weighted by Gasteiger charge is 2.22. The van der Waals surface area contributed by atoms with Gasteiger partial charge in [-0.1, -0.05) is 0 Å². The van der Waals surface area contributed by atoms with Gasteiger partial charge in [0.2, 0.25) is 0 Å². The summed E-state index contributed by atoms with van der Waals surface area (Å²) in [6, 6.07) is 2.56. The number of aliphatic hydroxyl groups excluding tert-OH is 1. The van der Waals surface area contributed by atoms with Gasteiger partial charge < -0.3 is 9.84 Å². The Hall–Kier alpha value is -0.630. The fourth-order valence-corrected chi connectivity index (χ4v) is 1.96. The standard InChI is InChI=1S/C11H20N2O2/c1-10(2-5-12)13-6-3-11(4-7-13)15-9-8-14/h10-11,14H,2-4,6-9H2,1H3. The molecule has 0 saturated carbocycles. The van der Waals surface area contributed by atoms with E-state index in [4.69, 9.17) is 15.1 Å². The lowest BCUT2D eigenvalue weighted by atomic mass is 10.1. The van der Waals surface area contributed by atoms with E-state index in [2.05, 4.69) is 17.9 Å². The number of rotatable bonds is 5. The molecule has 1 fully saturated rings. The van der Waals surface area contributed by atoms with Crippen molar-refractivity contribution in [3.05, 3.63) is 0 Å². The lowest BCUT2D eigenvalue weighted by Gasteiger charge is -2.35. The molecule has 0 aromatic carbocycles. The molecule has 0 spiro atoms. The third kappa shape index (κ3) is 4.17. The molecule has 0 radical (unpaired) electrons. The maximum Gasteiger partial charge on any atom is 0.0701 e. The second kappa shape index (κ2) is 6.78. The molecule has 1 N–H and O–H groups in total. The summed E-state index contributed by atoms with van der Waals surface area (Å²) < 4.78 is 5.48. The molecule has 1 aliphatic rings. The van der Waals surface area contributed by atoms with Crippen LogP contribution in [0.25, 0.3) is 0 Å². The Morgan fingerprint density at radius 3 is 2.73 bits per heavy atom. The van der Waals surface area contributed by atoms with Crippen molar-refractivity contribution in [1.29, 1.82) is 5.26 Å². The Kier molecular flexibility index (Phi) is 5.62. The van der Waals surface area contributed by atoms with Crippen molar-refractivity contribution in [2.24, 2.45) is 0 Å². The second-order valence-electron chi connectivity index (χ2n) is 4.04. The Bertz CT molecular complexity index is 207. The summed E-state index contributed by atoms with van der Waals surface area (Å²) in [5, 5.41) is 17.2. The Balaban J connectivity index is 2.20. The van der Waals surface area contributed by atoms with Crippen LogP contribution in [0.1, 0.15) is 26.2 Å². The minimum absolute atomic E-state index is 0.102. The molecule has 1 rings (SSSR count). The number of nitriles is 1. The summed E-state index contributed by atoms with van der Waals surface area (Å²) in [4.78, 5) is 2.34. The van der Waals surface area contributed by atoms with Crippen LogP contribution in [-0.4, -0.2) is 48.5 Å². The number of likely N-dealkylation sites (tertiary alicyclic amines) is 1. The highest BCUT2D eigenvalue weighted by Crippen LogP contribution is 2.16. The summed E-state index contributed by atoms with van der Waals surface area (Å²) in [5.74, 6) is 0. The Morgan fingerprint density at radius 2 is 2.20 bits per heavy atom. The van der Waals surface area contributed by atoms with E-state index >= 15 is 0 Å². The predicted octanol–water partition coefficient (Wildman–Crippen LogP) is 0.762. The van der Waals surface area contributed by atoms with Gasteiger partial charge in [0.15, 0.2) is 0 Å². The first-order chi connectivity index (χ1) is 7.27. The van der Waals surface area contributed by atoms with Gasteiger partial charge in [-0.05, 0) is 19.8 Å². The van der Waals surface area contributed by atoms with Gasteiger partial charge in [0, 0.05) is 19.1 Å². The van der Waals surface area contributed by atoms with Crippen molar-refractivity contribution >= 4 is 0 Å². The van der Waals surface area contributed by atoms with Crippen LogP contribution in [0.5, 0.6) is 0 Å². The summed E-state index contributed by atoms with van der Waals surface area (Å²) >= 11 is 0. The summed E-state index contributed by atoms with van der Waals surface area (Å²) in [6.45, 7) is 4.64. The highest BCUT2D eigenvalue weighted by atomic mass is 16.5. The number of aliphatic hydroxyl groups is 1. The molecule has 1 saturated heterocycles. The zero-order valence-corrected chi connectivity index (χ0v) is 9.35. The van der Waals surface area contributed by atoms with E-state index < -0.39 is 0 Å². The van der Waals surface area contributed by atoms with Gasteiger partial charge in [-0.25, -0.2) is 0 Å². The van der Waals surface area contributed by atoms with Gasteiger partial charge in [-0.15, -0.1) is 0 Å². The summed E-state index contributed by atoms with van der Waals surface area (Å²) in [7, 11) is 0. The van der Waals surface area contributed by atoms with Gasteiger partial charge in [0.25, 0.3) is 0 Å². The second-order valence-corrected chi connectivity index (χ2v) is 4.04. The van der Waals surface area contributed by atoms with Crippen molar-refractivity contribution < 1.29 is 9.84 Å². The Morgan fingerprint density at radius 1 is 1.53 bits per heavy atom. The topological polar surface area (TPSA) is 56.5 Å². The molecule has 0 aromatic heterocycles. The summed E-state index contributed by atoms with van der Waals surface area (Å²) in [5.41, 5.74) is 0. The molecule has 1 aliphatic heterocycles. The van der Waals surface area contributed by atoms with Crippen LogP contribution in [-0.2, 0) is 4.74 Å². The molecule has 0 bridgehead atoms. The van der Waals surface area contributed by atoms with Crippen LogP contribution in [0.4, 0.5) is 0 Å². The fraction of sp³-hybridized carbons (Fsp3) is 0.909. The minimum atomic E-state index is 0.102. The van der Waals surface area contributed by atoms with Gasteiger partial charge in [-0.3, -0.25) is 4.90 Å². The average molecular weight is 212 g/mol. The molecule has 0 amide bonds. The first-order valence-electron chi connectivity index (χ1n) is 5.61. The summed E-state index contributed by atoms with van der Waals surface area (Å²) in [6.07, 6.45) is 2.91. The minimum Gasteiger partial charge on any atom is -0.394 e. The van der Waals surface area contributed by atoms with Crippen LogP contribution in [0, 0.1) is 11.3 Å². The van der Waals surface area contributed by atoms with Gasteiger partial charge in [-0.2, -0.15) is 5.26 Å². The van der Waals surface area contributed by atoms with Gasteiger partial charge in [0.05, 0.1) is 31.8 Å². The zero-order chi connectivity index (χ0) is 11.1. The maximum absolute atomic E-state index is 8.64. The van der Waals surface area contributed by atoms with Crippen molar-refractivity contribution in [2.75, 3.05) is 26.3 Å². The van der Waals surface area contributed by atoms with E-state index in [1.54, 1.807) is 0 Å². The SMILES string of the molecule is CC(CC#N)N1CCC(OCCO)CC1. The smallest absolute Gasteiger partial charge is 0.0701 e. The van der Waals surface area contributed by atoms with Crippen molar-refractivity contribution in [3.63, 3.8) is 0 Å². The molecule has 4 nitrogen and oxygen atoms in total. The molecule has 1 atom stereocenters. The lowest BCUT2D eigenvalue weighted by molar-refractivity contribution is -0.0135. The molecule has 86 valence electrons. The van der Waals surface area contributed by atoms with Crippen LogP contribution in [0.15, 0.2) is 0 Å². The van der Waals surface area contributed by atoms with E-state index in [0.29, 0.717) is 25.2 Å². The third-order valence-corrected chi connectivity index (χ3v) is 2.93. The van der Waals surface area contributed by atoms with E-state index in [-0.39, 0.29) is 6.61 Å². The molecular formula is C11H20N2O2. The number of piperidine rings is 1. The number of ether oxygens (including phenoxy) is 1. The molecule has 1 unspecified atom stereocenters. The van der Waals surface area contributed by atoms with Crippen LogP contribution < -0.4 is 0 Å². The lowest BCUT2D eigenvalue weighted by Crippen LogP contribution is -2.42. The fourth-order valence-electron chi connectivity index (χ4n) is 1.96. The molecule has 15 heavy (non-hydrogen) atoms. The monoisotopic (exact) mass is 212 g/mol. The largest absolute Gasteiger partial charge is 0.394 e. The zero-order valence-electron chi connectivity index (χ0n) is 9.35. The number of nitrogens with zero attached hydrogens (tertiary/aromatic N) is 2. The average Bonchev–Trinajstić information content (AvgIpc) is 2.27. The first kappa shape index (κ1) is 12.4. The molecule has 0 aromatic rings. The predicted molar refractivity (Wildman–Crippen MR) is 57.3 cm³/mol. The third-order valence-electron chi connectivity index (χ3n) is 2.93. The molecular weight excluding hydrogens is 192 g/mol. The van der Waals surface area contributed by atoms with Crippen molar-refractivity contribution in [3.8, 4) is 6.07 Å². The highest BCUT2D eigenvalue weighted by molar-refractivity contribution is 4.83. The number of hydrogen-bond acceptors (Lipinski definition) is 4. The molecule has 1 heterocycles. The van der Waals surface area contributed by atoms with E-state index in [1.165, 1.54) is 0 Å². The van der Waals surface area contributed by atoms with E-state index in [1.807, 2.05) is 0 Å². The van der Waals surface area contributed by atoms with Crippen LogP contribution >= 0.6 is 0 Å². The quantitative estimate of drug-likeness (QED) is 0.731. The van der Waals surface area contributed by atoms with Crippen molar-refractivity contribution in [1.82, 2.24) is 4.90 Å². The maximum atomic E-state index is 8.64. The van der Waals surface area contributed by atoms with Gasteiger partial charge in [0.1, 0.15) is 0 Å². The van der Waals surface area contributed by atoms with Gasteiger partial charge >= 0.3 is 0 Å². The number of hydrogen-bond donors (Lipinski definition) is 1. The molecule has 4 heteroatoms.